The Bertz CT molecular complexity index is 230. The zero-order chi connectivity index (χ0) is 11.5. The van der Waals surface area contributed by atoms with Crippen molar-refractivity contribution in [3.63, 3.8) is 0 Å². The van der Waals surface area contributed by atoms with Crippen LogP contribution in [0.5, 0.6) is 0 Å². The summed E-state index contributed by atoms with van der Waals surface area (Å²) in [5.74, 6) is -1.59. The van der Waals surface area contributed by atoms with E-state index in [1.807, 2.05) is 0 Å². The molecule has 0 aliphatic rings. The van der Waals surface area contributed by atoms with E-state index in [9.17, 15) is 9.59 Å². The van der Waals surface area contributed by atoms with Gasteiger partial charge in [0.1, 0.15) is 0 Å². The van der Waals surface area contributed by atoms with Crippen molar-refractivity contribution in [1.82, 2.24) is 5.32 Å². The molecule has 2 N–H and O–H groups in total. The van der Waals surface area contributed by atoms with Gasteiger partial charge in [-0.2, -0.15) is 0 Å². The molecule has 0 saturated heterocycles. The van der Waals surface area contributed by atoms with E-state index in [1.165, 1.54) is 0 Å². The summed E-state index contributed by atoms with van der Waals surface area (Å²) in [7, 11) is 0. The highest BCUT2D eigenvalue weighted by Gasteiger charge is 2.26. The second-order valence-electron chi connectivity index (χ2n) is 4.64. The lowest BCUT2D eigenvalue weighted by molar-refractivity contribution is -0.142. The third kappa shape index (κ3) is 3.77. The molecule has 0 radical (unpaired) electrons. The summed E-state index contributed by atoms with van der Waals surface area (Å²) in [5, 5.41) is 11.4. The van der Waals surface area contributed by atoms with Crippen molar-refractivity contribution < 1.29 is 14.7 Å². The van der Waals surface area contributed by atoms with E-state index < -0.39 is 17.3 Å². The quantitative estimate of drug-likeness (QED) is 0.722. The average Bonchev–Trinajstić information content (AvgIpc) is 2.00. The van der Waals surface area contributed by atoms with Crippen molar-refractivity contribution in [1.29, 1.82) is 0 Å². The van der Waals surface area contributed by atoms with E-state index in [2.05, 4.69) is 5.32 Å². The van der Waals surface area contributed by atoms with Crippen molar-refractivity contribution >= 4 is 11.9 Å². The fraction of sp³-hybridized carbons (Fsp3) is 0.800. The van der Waals surface area contributed by atoms with E-state index in [0.717, 1.165) is 0 Å². The first-order valence-electron chi connectivity index (χ1n) is 4.70. The predicted molar refractivity (Wildman–Crippen MR) is 53.9 cm³/mol. The van der Waals surface area contributed by atoms with Crippen molar-refractivity contribution in [2.45, 2.75) is 40.7 Å². The number of rotatable bonds is 3. The monoisotopic (exact) mass is 201 g/mol. The molecule has 82 valence electrons. The lowest BCUT2D eigenvalue weighted by Crippen LogP contribution is -2.44. The maximum absolute atomic E-state index is 11.5. The Labute approximate surface area is 84.7 Å². The molecule has 0 fully saturated rings. The summed E-state index contributed by atoms with van der Waals surface area (Å²) in [6, 6.07) is -0.348. The molecular weight excluding hydrogens is 182 g/mol. The van der Waals surface area contributed by atoms with Crippen molar-refractivity contribution in [3.05, 3.63) is 0 Å². The second-order valence-corrected chi connectivity index (χ2v) is 4.64. The molecule has 1 amide bonds. The SMILES string of the molecule is CC(NC(=O)C(C)(C)C)C(C)C(=O)O. The molecule has 0 bridgehead atoms. The van der Waals surface area contributed by atoms with Crippen LogP contribution in [0.25, 0.3) is 0 Å². The van der Waals surface area contributed by atoms with Gasteiger partial charge in [0.2, 0.25) is 5.91 Å². The molecule has 2 atom stereocenters. The van der Waals surface area contributed by atoms with Gasteiger partial charge in [0.25, 0.3) is 0 Å². The molecule has 0 aromatic carbocycles. The molecule has 14 heavy (non-hydrogen) atoms. The molecule has 0 rings (SSSR count). The first kappa shape index (κ1) is 12.9. The van der Waals surface area contributed by atoms with E-state index in [0.29, 0.717) is 0 Å². The topological polar surface area (TPSA) is 66.4 Å². The van der Waals surface area contributed by atoms with Crippen LogP contribution in [0.1, 0.15) is 34.6 Å². The summed E-state index contributed by atoms with van der Waals surface area (Å²) in [6.45, 7) is 8.65. The molecule has 0 aromatic heterocycles. The van der Waals surface area contributed by atoms with Crippen LogP contribution < -0.4 is 5.32 Å². The third-order valence-corrected chi connectivity index (χ3v) is 2.18. The number of nitrogens with one attached hydrogen (secondary N) is 1. The first-order valence-corrected chi connectivity index (χ1v) is 4.70. The molecule has 0 saturated carbocycles. The van der Waals surface area contributed by atoms with Crippen LogP contribution >= 0.6 is 0 Å². The maximum atomic E-state index is 11.5. The summed E-state index contributed by atoms with van der Waals surface area (Å²) >= 11 is 0. The Balaban J connectivity index is 4.27. The minimum Gasteiger partial charge on any atom is -0.481 e. The lowest BCUT2D eigenvalue weighted by Gasteiger charge is -2.23. The van der Waals surface area contributed by atoms with Crippen LogP contribution in [0.3, 0.4) is 0 Å². The summed E-state index contributed by atoms with van der Waals surface area (Å²) in [4.78, 5) is 22.1. The molecule has 0 aliphatic heterocycles. The van der Waals surface area contributed by atoms with E-state index in [-0.39, 0.29) is 11.9 Å². The zero-order valence-corrected chi connectivity index (χ0v) is 9.42. The number of carbonyl (C=O) groups excluding carboxylic acids is 1. The summed E-state index contributed by atoms with van der Waals surface area (Å²) in [6.07, 6.45) is 0. The van der Waals surface area contributed by atoms with Gasteiger partial charge in [0.15, 0.2) is 0 Å². The minimum atomic E-state index is -0.897. The molecular formula is C10H19NO3. The van der Waals surface area contributed by atoms with Crippen LogP contribution in [0.4, 0.5) is 0 Å². The third-order valence-electron chi connectivity index (χ3n) is 2.18. The van der Waals surface area contributed by atoms with Gasteiger partial charge in [-0.25, -0.2) is 0 Å². The highest BCUT2D eigenvalue weighted by molar-refractivity contribution is 5.82. The number of carbonyl (C=O) groups is 2. The highest BCUT2D eigenvalue weighted by Crippen LogP contribution is 2.14. The van der Waals surface area contributed by atoms with Crippen molar-refractivity contribution in [2.75, 3.05) is 0 Å². The largest absolute Gasteiger partial charge is 0.481 e. The molecule has 0 aromatic rings. The maximum Gasteiger partial charge on any atom is 0.308 e. The molecule has 0 spiro atoms. The van der Waals surface area contributed by atoms with Crippen molar-refractivity contribution in [3.8, 4) is 0 Å². The molecule has 0 heterocycles. The predicted octanol–water partition coefficient (Wildman–Crippen LogP) is 1.26. The normalized spacial score (nSPS) is 15.8. The van der Waals surface area contributed by atoms with Crippen molar-refractivity contribution in [2.24, 2.45) is 11.3 Å². The van der Waals surface area contributed by atoms with Gasteiger partial charge in [-0.3, -0.25) is 9.59 Å². The van der Waals surface area contributed by atoms with E-state index >= 15 is 0 Å². The number of hydrogen-bond donors (Lipinski definition) is 2. The summed E-state index contributed by atoms with van der Waals surface area (Å²) in [5.41, 5.74) is -0.480. The number of carboxylic acids is 1. The fourth-order valence-electron chi connectivity index (χ4n) is 0.762. The van der Waals surface area contributed by atoms with Crippen LogP contribution in [0.2, 0.25) is 0 Å². The summed E-state index contributed by atoms with van der Waals surface area (Å²) < 4.78 is 0. The van der Waals surface area contributed by atoms with Gasteiger partial charge in [-0.1, -0.05) is 20.8 Å². The Morgan fingerprint density at radius 2 is 1.64 bits per heavy atom. The van der Waals surface area contributed by atoms with E-state index in [1.54, 1.807) is 34.6 Å². The van der Waals surface area contributed by atoms with Crippen LogP contribution in [-0.4, -0.2) is 23.0 Å². The molecule has 4 heteroatoms. The van der Waals surface area contributed by atoms with Crippen LogP contribution in [0, 0.1) is 11.3 Å². The smallest absolute Gasteiger partial charge is 0.308 e. The lowest BCUT2D eigenvalue weighted by atomic mass is 9.94. The number of aliphatic carboxylic acids is 1. The Hall–Kier alpha value is -1.06. The number of amides is 1. The van der Waals surface area contributed by atoms with Gasteiger partial charge < -0.3 is 10.4 Å². The standard InChI is InChI=1S/C10H19NO3/c1-6(8(12)13)7(2)11-9(14)10(3,4)5/h6-7H,1-5H3,(H,11,14)(H,12,13). The van der Waals surface area contributed by atoms with Crippen LogP contribution in [0.15, 0.2) is 0 Å². The Morgan fingerprint density at radius 3 is 1.93 bits per heavy atom. The number of carboxylic acid groups (broad SMARTS) is 1. The minimum absolute atomic E-state index is 0.127. The molecule has 2 unspecified atom stereocenters. The van der Waals surface area contributed by atoms with Gasteiger partial charge >= 0.3 is 5.97 Å². The van der Waals surface area contributed by atoms with Crippen LogP contribution in [-0.2, 0) is 9.59 Å². The van der Waals surface area contributed by atoms with Gasteiger partial charge in [-0.05, 0) is 13.8 Å². The zero-order valence-electron chi connectivity index (χ0n) is 9.42. The van der Waals surface area contributed by atoms with E-state index in [4.69, 9.17) is 5.11 Å². The highest BCUT2D eigenvalue weighted by atomic mass is 16.4. The Kier molecular flexibility index (Phi) is 4.10. The Morgan fingerprint density at radius 1 is 1.21 bits per heavy atom. The molecule has 4 nitrogen and oxygen atoms in total. The second kappa shape index (κ2) is 4.44. The average molecular weight is 201 g/mol. The fourth-order valence-corrected chi connectivity index (χ4v) is 0.762. The number of hydrogen-bond acceptors (Lipinski definition) is 2. The van der Waals surface area contributed by atoms with Gasteiger partial charge in [-0.15, -0.1) is 0 Å². The van der Waals surface area contributed by atoms with Gasteiger partial charge in [0.05, 0.1) is 5.92 Å². The first-order chi connectivity index (χ1) is 6.16. The van der Waals surface area contributed by atoms with Gasteiger partial charge in [0, 0.05) is 11.5 Å². The molecule has 0 aliphatic carbocycles.